The van der Waals surface area contributed by atoms with Crippen LogP contribution in [0.5, 0.6) is 11.5 Å². The van der Waals surface area contributed by atoms with Crippen LogP contribution in [0.3, 0.4) is 0 Å². The van der Waals surface area contributed by atoms with Gasteiger partial charge in [0.15, 0.2) is 5.75 Å². The number of nitrogens with one attached hydrogen (secondary N) is 2. The minimum atomic E-state index is -0.620. The maximum absolute atomic E-state index is 13.9. The smallest absolute Gasteiger partial charge is 0.407 e. The van der Waals surface area contributed by atoms with Gasteiger partial charge >= 0.3 is 12.1 Å². The number of ether oxygens (including phenoxy) is 3. The van der Waals surface area contributed by atoms with E-state index < -0.39 is 11.7 Å². The summed E-state index contributed by atoms with van der Waals surface area (Å²) in [5, 5.41) is 5.80. The molecule has 11 heteroatoms. The fourth-order valence-electron chi connectivity index (χ4n) is 4.13. The zero-order valence-electron chi connectivity index (χ0n) is 25.6. The Kier molecular flexibility index (Phi) is 12.2. The number of anilines is 2. The molecule has 0 bridgehead atoms. The van der Waals surface area contributed by atoms with Gasteiger partial charge in [-0.15, -0.1) is 0 Å². The van der Waals surface area contributed by atoms with E-state index in [1.807, 2.05) is 6.07 Å². The van der Waals surface area contributed by atoms with E-state index in [1.165, 1.54) is 11.8 Å². The van der Waals surface area contributed by atoms with Gasteiger partial charge in [0.05, 0.1) is 12.3 Å². The van der Waals surface area contributed by atoms with E-state index in [-0.39, 0.29) is 43.9 Å². The van der Waals surface area contributed by atoms with Crippen molar-refractivity contribution in [2.24, 2.45) is 0 Å². The lowest BCUT2D eigenvalue weighted by atomic mass is 10.1. The van der Waals surface area contributed by atoms with Crippen LogP contribution in [0.4, 0.5) is 16.2 Å². The fourth-order valence-corrected chi connectivity index (χ4v) is 4.29. The lowest BCUT2D eigenvalue weighted by Crippen LogP contribution is -2.32. The van der Waals surface area contributed by atoms with Gasteiger partial charge in [0.25, 0.3) is 5.91 Å². The van der Waals surface area contributed by atoms with Crippen LogP contribution in [0.15, 0.2) is 66.7 Å². The third kappa shape index (κ3) is 10.9. The Labute approximate surface area is 262 Å². The Morgan fingerprint density at radius 1 is 0.955 bits per heavy atom. The number of benzene rings is 3. The van der Waals surface area contributed by atoms with Crippen LogP contribution in [0.25, 0.3) is 0 Å². The first-order valence-electron chi connectivity index (χ1n) is 14.2. The molecular weight excluding hydrogens is 586 g/mol. The summed E-state index contributed by atoms with van der Waals surface area (Å²) in [5.74, 6) is -0.156. The minimum absolute atomic E-state index is 0.121. The first-order chi connectivity index (χ1) is 20.8. The molecule has 3 aromatic carbocycles. The second kappa shape index (κ2) is 15.8. The molecule has 0 unspecified atom stereocenters. The molecule has 0 saturated heterocycles. The zero-order valence-corrected chi connectivity index (χ0v) is 26.3. The normalized spacial score (nSPS) is 10.9. The average molecular weight is 624 g/mol. The Hall–Kier alpha value is -4.57. The first-order valence-corrected chi connectivity index (χ1v) is 14.6. The predicted octanol–water partition coefficient (Wildman–Crippen LogP) is 7.11. The molecule has 0 aliphatic heterocycles. The van der Waals surface area contributed by atoms with Gasteiger partial charge in [-0.05, 0) is 88.2 Å². The van der Waals surface area contributed by atoms with E-state index in [2.05, 4.69) is 10.6 Å². The predicted molar refractivity (Wildman–Crippen MR) is 169 cm³/mol. The van der Waals surface area contributed by atoms with Crippen LogP contribution >= 0.6 is 11.6 Å². The van der Waals surface area contributed by atoms with E-state index >= 15 is 0 Å². The van der Waals surface area contributed by atoms with Crippen molar-refractivity contribution >= 4 is 46.9 Å². The zero-order chi connectivity index (χ0) is 32.3. The summed E-state index contributed by atoms with van der Waals surface area (Å²) >= 11 is 6.35. The third-order valence-corrected chi connectivity index (χ3v) is 6.18. The van der Waals surface area contributed by atoms with Crippen molar-refractivity contribution in [2.45, 2.75) is 59.6 Å². The topological polar surface area (TPSA) is 123 Å². The number of halogens is 1. The van der Waals surface area contributed by atoms with Gasteiger partial charge < -0.3 is 29.7 Å². The maximum Gasteiger partial charge on any atom is 0.407 e. The molecule has 44 heavy (non-hydrogen) atoms. The lowest BCUT2D eigenvalue weighted by Gasteiger charge is -2.25. The van der Waals surface area contributed by atoms with E-state index in [4.69, 9.17) is 25.8 Å². The second-order valence-electron chi connectivity index (χ2n) is 10.8. The van der Waals surface area contributed by atoms with Gasteiger partial charge in [-0.25, -0.2) is 4.79 Å². The molecule has 0 spiro atoms. The van der Waals surface area contributed by atoms with Crippen LogP contribution in [-0.2, 0) is 25.6 Å². The van der Waals surface area contributed by atoms with Gasteiger partial charge in [-0.3, -0.25) is 14.4 Å². The van der Waals surface area contributed by atoms with Crippen LogP contribution in [0.2, 0.25) is 5.02 Å². The van der Waals surface area contributed by atoms with Crippen LogP contribution < -0.4 is 20.3 Å². The van der Waals surface area contributed by atoms with Gasteiger partial charge in [-0.1, -0.05) is 23.7 Å². The molecule has 0 radical (unpaired) electrons. The molecule has 234 valence electrons. The highest BCUT2D eigenvalue weighted by molar-refractivity contribution is 6.30. The minimum Gasteiger partial charge on any atom is -0.466 e. The van der Waals surface area contributed by atoms with Crippen LogP contribution in [0, 0.1) is 0 Å². The Morgan fingerprint density at radius 2 is 1.68 bits per heavy atom. The quantitative estimate of drug-likeness (QED) is 0.206. The monoisotopic (exact) mass is 623 g/mol. The van der Waals surface area contributed by atoms with Crippen LogP contribution in [0.1, 0.15) is 63.4 Å². The summed E-state index contributed by atoms with van der Waals surface area (Å²) in [4.78, 5) is 50.9. The molecule has 3 amide bonds. The summed E-state index contributed by atoms with van der Waals surface area (Å²) in [6, 6.07) is 18.6. The molecule has 0 heterocycles. The number of alkyl carbamates (subject to hydrolysis) is 1. The number of esters is 1. The van der Waals surface area contributed by atoms with Crippen LogP contribution in [-0.4, -0.2) is 42.6 Å². The van der Waals surface area contributed by atoms with E-state index in [9.17, 15) is 19.2 Å². The van der Waals surface area contributed by atoms with Crippen molar-refractivity contribution < 1.29 is 33.4 Å². The SMILES string of the molecule is CCOC(=O)CCCN(C(=O)c1ccc(NC(C)=O)cc1)c1ccc(Cl)cc1Oc1cccc(CNC(=O)OC(C)(C)C)c1. The van der Waals surface area contributed by atoms with Crippen molar-refractivity contribution in [3.8, 4) is 11.5 Å². The molecule has 3 rings (SSSR count). The number of nitrogens with zero attached hydrogens (tertiary/aromatic N) is 1. The number of hydrogen-bond acceptors (Lipinski definition) is 7. The summed E-state index contributed by atoms with van der Waals surface area (Å²) in [6.07, 6.45) is -0.0825. The number of carbonyl (C=O) groups excluding carboxylic acids is 4. The molecule has 0 aliphatic carbocycles. The molecule has 2 N–H and O–H groups in total. The molecule has 0 atom stereocenters. The molecule has 0 saturated carbocycles. The van der Waals surface area contributed by atoms with Crippen molar-refractivity contribution in [1.82, 2.24) is 5.32 Å². The number of carbonyl (C=O) groups is 4. The number of hydrogen-bond donors (Lipinski definition) is 2. The molecule has 0 aliphatic rings. The van der Waals surface area contributed by atoms with Crippen molar-refractivity contribution in [1.29, 1.82) is 0 Å². The number of amides is 3. The third-order valence-electron chi connectivity index (χ3n) is 5.94. The average Bonchev–Trinajstić information content (AvgIpc) is 2.94. The van der Waals surface area contributed by atoms with Gasteiger partial charge in [0.1, 0.15) is 11.4 Å². The highest BCUT2D eigenvalue weighted by Gasteiger charge is 2.23. The van der Waals surface area contributed by atoms with E-state index in [0.717, 1.165) is 5.56 Å². The summed E-state index contributed by atoms with van der Waals surface area (Å²) in [5.41, 5.74) is 1.50. The number of rotatable bonds is 12. The second-order valence-corrected chi connectivity index (χ2v) is 11.3. The van der Waals surface area contributed by atoms with Gasteiger partial charge in [0.2, 0.25) is 5.91 Å². The highest BCUT2D eigenvalue weighted by Crippen LogP contribution is 2.36. The van der Waals surface area contributed by atoms with Gasteiger partial charge in [-0.2, -0.15) is 0 Å². The first kappa shape index (κ1) is 33.9. The molecule has 0 fully saturated rings. The van der Waals surface area contributed by atoms with Crippen molar-refractivity contribution in [2.75, 3.05) is 23.4 Å². The van der Waals surface area contributed by atoms with E-state index in [1.54, 1.807) is 88.4 Å². The Bertz CT molecular complexity index is 1470. The lowest BCUT2D eigenvalue weighted by molar-refractivity contribution is -0.143. The molecule has 3 aromatic rings. The van der Waals surface area contributed by atoms with Crippen molar-refractivity contribution in [3.05, 3.63) is 82.9 Å². The summed E-state index contributed by atoms with van der Waals surface area (Å²) in [6.45, 7) is 9.16. The largest absolute Gasteiger partial charge is 0.466 e. The Morgan fingerprint density at radius 3 is 2.34 bits per heavy atom. The fraction of sp³-hybridized carbons (Fsp3) is 0.333. The van der Waals surface area contributed by atoms with E-state index in [0.29, 0.717) is 39.9 Å². The van der Waals surface area contributed by atoms with Gasteiger partial charge in [0, 0.05) is 48.8 Å². The maximum atomic E-state index is 13.9. The standard InChI is InChI=1S/C33H38ClN3O7/c1-6-42-30(39)11-8-18-37(31(40)24-12-15-26(16-13-24)36-22(2)38)28-17-14-25(34)20-29(28)43-27-10-7-9-23(19-27)21-35-32(41)44-33(3,4)5/h7,9-10,12-17,19-20H,6,8,11,18,21H2,1-5H3,(H,35,41)(H,36,38). The summed E-state index contributed by atoms with van der Waals surface area (Å²) < 4.78 is 16.6. The summed E-state index contributed by atoms with van der Waals surface area (Å²) in [7, 11) is 0. The highest BCUT2D eigenvalue weighted by atomic mass is 35.5. The van der Waals surface area contributed by atoms with Crippen molar-refractivity contribution in [3.63, 3.8) is 0 Å². The molecular formula is C33H38ClN3O7. The molecule has 0 aromatic heterocycles. The Balaban J connectivity index is 1.89. The molecule has 10 nitrogen and oxygen atoms in total.